The molecule has 2 amide bonds. The number of carboxylic acids is 1. The zero-order chi connectivity index (χ0) is 31.8. The Morgan fingerprint density at radius 2 is 1.02 bits per heavy atom. The second-order valence-electron chi connectivity index (χ2n) is 9.24. The van der Waals surface area contributed by atoms with Crippen LogP contribution in [-0.4, -0.2) is 44.8 Å². The molecule has 3 N–H and O–H groups in total. The topological polar surface area (TPSA) is 174 Å². The van der Waals surface area contributed by atoms with Crippen LogP contribution in [0.2, 0.25) is 0 Å². The molecule has 12 heteroatoms. The Morgan fingerprint density at radius 3 is 1.62 bits per heavy atom. The molecule has 0 radical (unpaired) electrons. The summed E-state index contributed by atoms with van der Waals surface area (Å²) in [5.41, 5.74) is 0.706. The lowest BCUT2D eigenvalue weighted by Gasteiger charge is -2.11. The molecule has 0 saturated heterocycles. The number of hydrogen-bond donors (Lipinski definition) is 3. The zero-order valence-electron chi connectivity index (χ0n) is 23.2. The molecular weight excluding hydrogens is 580 g/mol. The summed E-state index contributed by atoms with van der Waals surface area (Å²) in [4.78, 5) is 70.4. The SMILES string of the molecule is O=C(O)c1ccc(C(=O)Nc2nc(NC(=O)c3ccc(C(=O)Oc4ccccc4)cc3)cc(OC(=O)c3ccccc3)n2)cc1. The summed E-state index contributed by atoms with van der Waals surface area (Å²) in [5, 5.41) is 14.1. The summed E-state index contributed by atoms with van der Waals surface area (Å²) in [6, 6.07) is 28.6. The van der Waals surface area contributed by atoms with Gasteiger partial charge in [-0.05, 0) is 72.8 Å². The third-order valence-corrected chi connectivity index (χ3v) is 6.11. The van der Waals surface area contributed by atoms with Crippen LogP contribution in [0.15, 0.2) is 115 Å². The van der Waals surface area contributed by atoms with Crippen molar-refractivity contribution >= 4 is 41.5 Å². The van der Waals surface area contributed by atoms with Crippen LogP contribution in [0.5, 0.6) is 11.6 Å². The number of esters is 2. The quantitative estimate of drug-likeness (QED) is 0.152. The van der Waals surface area contributed by atoms with Gasteiger partial charge < -0.3 is 19.9 Å². The Kier molecular flexibility index (Phi) is 8.95. The summed E-state index contributed by atoms with van der Waals surface area (Å²) in [7, 11) is 0. The van der Waals surface area contributed by atoms with Gasteiger partial charge in [0, 0.05) is 17.2 Å². The van der Waals surface area contributed by atoms with E-state index in [1.165, 1.54) is 66.7 Å². The van der Waals surface area contributed by atoms with Crippen molar-refractivity contribution in [3.8, 4) is 11.6 Å². The Morgan fingerprint density at radius 1 is 0.533 bits per heavy atom. The molecule has 0 atom stereocenters. The van der Waals surface area contributed by atoms with E-state index < -0.39 is 29.7 Å². The van der Waals surface area contributed by atoms with Gasteiger partial charge in [-0.25, -0.2) is 14.4 Å². The lowest BCUT2D eigenvalue weighted by Crippen LogP contribution is -2.18. The maximum absolute atomic E-state index is 13.1. The monoisotopic (exact) mass is 602 g/mol. The first-order valence-corrected chi connectivity index (χ1v) is 13.2. The molecule has 0 spiro atoms. The number of benzene rings is 4. The van der Waals surface area contributed by atoms with Crippen molar-refractivity contribution in [2.45, 2.75) is 0 Å². The average Bonchev–Trinajstić information content (AvgIpc) is 3.05. The number of aromatic carboxylic acids is 1. The lowest BCUT2D eigenvalue weighted by atomic mass is 10.1. The molecule has 12 nitrogen and oxygen atoms in total. The zero-order valence-corrected chi connectivity index (χ0v) is 23.2. The number of anilines is 2. The van der Waals surface area contributed by atoms with E-state index in [1.54, 1.807) is 48.5 Å². The summed E-state index contributed by atoms with van der Waals surface area (Å²) in [5.74, 6) is -4.14. The highest BCUT2D eigenvalue weighted by atomic mass is 16.5. The Balaban J connectivity index is 1.35. The van der Waals surface area contributed by atoms with Crippen LogP contribution in [0.1, 0.15) is 51.8 Å². The summed E-state index contributed by atoms with van der Waals surface area (Å²) in [6.45, 7) is 0. The molecule has 1 aromatic heterocycles. The number of amides is 2. The van der Waals surface area contributed by atoms with Crippen LogP contribution >= 0.6 is 0 Å². The van der Waals surface area contributed by atoms with E-state index in [-0.39, 0.29) is 45.5 Å². The van der Waals surface area contributed by atoms with Crippen molar-refractivity contribution in [3.05, 3.63) is 143 Å². The highest BCUT2D eigenvalue weighted by molar-refractivity contribution is 6.06. The van der Waals surface area contributed by atoms with Gasteiger partial charge in [-0.2, -0.15) is 9.97 Å². The number of nitrogens with one attached hydrogen (secondary N) is 2. The number of nitrogens with zero attached hydrogens (tertiary/aromatic N) is 2. The van der Waals surface area contributed by atoms with E-state index in [2.05, 4.69) is 20.6 Å². The molecule has 1 heterocycles. The number of hydrogen-bond acceptors (Lipinski definition) is 9. The van der Waals surface area contributed by atoms with Gasteiger partial charge in [0.1, 0.15) is 11.6 Å². The van der Waals surface area contributed by atoms with Crippen molar-refractivity contribution in [3.63, 3.8) is 0 Å². The molecule has 222 valence electrons. The second-order valence-corrected chi connectivity index (χ2v) is 9.24. The Bertz CT molecular complexity index is 1880. The molecule has 5 rings (SSSR count). The fourth-order valence-corrected chi connectivity index (χ4v) is 3.86. The number of carbonyl (C=O) groups excluding carboxylic acids is 4. The van der Waals surface area contributed by atoms with Crippen LogP contribution < -0.4 is 20.1 Å². The third kappa shape index (κ3) is 7.78. The predicted octanol–water partition coefficient (Wildman–Crippen LogP) is 5.12. The maximum atomic E-state index is 13.1. The molecule has 0 aliphatic rings. The molecule has 0 aliphatic carbocycles. The molecule has 5 aromatic rings. The van der Waals surface area contributed by atoms with Gasteiger partial charge in [-0.15, -0.1) is 0 Å². The Labute approximate surface area is 255 Å². The van der Waals surface area contributed by atoms with E-state index in [0.29, 0.717) is 5.75 Å². The second kappa shape index (κ2) is 13.5. The van der Waals surface area contributed by atoms with Crippen LogP contribution in [0, 0.1) is 0 Å². The molecule has 0 unspecified atom stereocenters. The summed E-state index contributed by atoms with van der Waals surface area (Å²) < 4.78 is 10.7. The third-order valence-electron chi connectivity index (χ3n) is 6.11. The number of carboxylic acid groups (broad SMARTS) is 1. The normalized spacial score (nSPS) is 10.3. The van der Waals surface area contributed by atoms with Crippen LogP contribution in [-0.2, 0) is 0 Å². The molecule has 0 fully saturated rings. The smallest absolute Gasteiger partial charge is 0.344 e. The van der Waals surface area contributed by atoms with Crippen LogP contribution in [0.4, 0.5) is 11.8 Å². The lowest BCUT2D eigenvalue weighted by molar-refractivity contribution is 0.0692. The number of ether oxygens (including phenoxy) is 2. The van der Waals surface area contributed by atoms with Crippen molar-refractivity contribution < 1.29 is 38.6 Å². The summed E-state index contributed by atoms with van der Waals surface area (Å²) in [6.07, 6.45) is 0. The van der Waals surface area contributed by atoms with Crippen LogP contribution in [0.25, 0.3) is 0 Å². The highest BCUT2D eigenvalue weighted by Gasteiger charge is 2.17. The van der Waals surface area contributed by atoms with Gasteiger partial charge in [0.15, 0.2) is 0 Å². The van der Waals surface area contributed by atoms with Crippen LogP contribution in [0.3, 0.4) is 0 Å². The first-order valence-electron chi connectivity index (χ1n) is 13.2. The number of aromatic nitrogens is 2. The van der Waals surface area contributed by atoms with E-state index in [4.69, 9.17) is 14.6 Å². The minimum Gasteiger partial charge on any atom is -0.478 e. The first kappa shape index (κ1) is 29.8. The number of carbonyl (C=O) groups is 5. The molecule has 0 bridgehead atoms. The summed E-state index contributed by atoms with van der Waals surface area (Å²) >= 11 is 0. The van der Waals surface area contributed by atoms with E-state index in [1.807, 2.05) is 0 Å². The highest BCUT2D eigenvalue weighted by Crippen LogP contribution is 2.20. The molecule has 0 aliphatic heterocycles. The van der Waals surface area contributed by atoms with Crippen molar-refractivity contribution in [1.29, 1.82) is 0 Å². The van der Waals surface area contributed by atoms with Crippen molar-refractivity contribution in [2.24, 2.45) is 0 Å². The van der Waals surface area contributed by atoms with Gasteiger partial charge in [0.05, 0.1) is 16.7 Å². The van der Waals surface area contributed by atoms with Gasteiger partial charge in [-0.3, -0.25) is 14.9 Å². The fourth-order valence-electron chi connectivity index (χ4n) is 3.86. The van der Waals surface area contributed by atoms with E-state index in [0.717, 1.165) is 0 Å². The van der Waals surface area contributed by atoms with Crippen molar-refractivity contribution in [2.75, 3.05) is 10.6 Å². The van der Waals surface area contributed by atoms with Crippen molar-refractivity contribution in [1.82, 2.24) is 9.97 Å². The van der Waals surface area contributed by atoms with E-state index in [9.17, 15) is 24.0 Å². The first-order chi connectivity index (χ1) is 21.7. The standard InChI is InChI=1S/C33H22N4O8/c38-28(20-13-17-24(18-14-20)31(42)44-25-9-5-2-6-10-25)34-26-19-27(45-32(43)23-7-3-1-4-8-23)36-33(35-26)37-29(39)21-11-15-22(16-12-21)30(40)41/h1-19H,(H,40,41)(H2,34,35,36,37,38,39). The molecule has 4 aromatic carbocycles. The largest absolute Gasteiger partial charge is 0.478 e. The van der Waals surface area contributed by atoms with E-state index >= 15 is 0 Å². The maximum Gasteiger partial charge on any atom is 0.344 e. The van der Waals surface area contributed by atoms with Gasteiger partial charge >= 0.3 is 17.9 Å². The van der Waals surface area contributed by atoms with Gasteiger partial charge in [0.25, 0.3) is 11.8 Å². The minimum absolute atomic E-state index is 0.0104. The predicted molar refractivity (Wildman–Crippen MR) is 161 cm³/mol. The minimum atomic E-state index is -1.15. The molecule has 45 heavy (non-hydrogen) atoms. The fraction of sp³-hybridized carbons (Fsp3) is 0. The number of rotatable bonds is 9. The van der Waals surface area contributed by atoms with Gasteiger partial charge in [0.2, 0.25) is 11.8 Å². The Hall–Kier alpha value is -6.69. The number of para-hydroxylation sites is 1. The average molecular weight is 603 g/mol. The molecular formula is C33H22N4O8. The molecule has 0 saturated carbocycles. The van der Waals surface area contributed by atoms with Gasteiger partial charge in [-0.1, -0.05) is 36.4 Å².